The van der Waals surface area contributed by atoms with E-state index in [0.29, 0.717) is 35.7 Å². The number of rotatable bonds is 12. The van der Waals surface area contributed by atoms with Crippen molar-refractivity contribution in [3.8, 4) is 0 Å². The molecule has 3 aromatic carbocycles. The van der Waals surface area contributed by atoms with E-state index in [0.717, 1.165) is 9.87 Å². The average Bonchev–Trinajstić information content (AvgIpc) is 2.92. The Kier molecular flexibility index (Phi) is 10.5. The molecule has 1 unspecified atom stereocenters. The van der Waals surface area contributed by atoms with Gasteiger partial charge in [0.2, 0.25) is 11.8 Å². The molecule has 39 heavy (non-hydrogen) atoms. The van der Waals surface area contributed by atoms with Crippen LogP contribution in [0.4, 0.5) is 10.1 Å². The predicted molar refractivity (Wildman–Crippen MR) is 151 cm³/mol. The van der Waals surface area contributed by atoms with E-state index in [9.17, 15) is 22.4 Å². The quantitative estimate of drug-likeness (QED) is 0.318. The lowest BCUT2D eigenvalue weighted by molar-refractivity contribution is -0.140. The van der Waals surface area contributed by atoms with Gasteiger partial charge in [0, 0.05) is 18.1 Å². The van der Waals surface area contributed by atoms with Crippen LogP contribution in [0.25, 0.3) is 0 Å². The van der Waals surface area contributed by atoms with Gasteiger partial charge in [-0.1, -0.05) is 55.3 Å². The summed E-state index contributed by atoms with van der Waals surface area (Å²) in [6.07, 6.45) is 1.02. The zero-order valence-corrected chi connectivity index (χ0v) is 23.8. The molecule has 0 bridgehead atoms. The Bertz CT molecular complexity index is 1370. The molecule has 208 valence electrons. The molecular weight excluding hydrogens is 541 g/mol. The summed E-state index contributed by atoms with van der Waals surface area (Å²) in [5, 5.41) is 3.21. The van der Waals surface area contributed by atoms with Crippen molar-refractivity contribution in [3.05, 3.63) is 94.8 Å². The van der Waals surface area contributed by atoms with Crippen molar-refractivity contribution in [1.29, 1.82) is 0 Å². The molecule has 1 N–H and O–H groups in total. The van der Waals surface area contributed by atoms with Crippen LogP contribution < -0.4 is 9.62 Å². The second kappa shape index (κ2) is 13.6. The molecule has 7 nitrogen and oxygen atoms in total. The van der Waals surface area contributed by atoms with E-state index in [4.69, 9.17) is 11.6 Å². The van der Waals surface area contributed by atoms with E-state index >= 15 is 0 Å². The molecule has 0 heterocycles. The number of hydrogen-bond donors (Lipinski definition) is 1. The Morgan fingerprint density at radius 1 is 0.949 bits per heavy atom. The number of carbonyl (C=O) groups excluding carboxylic acids is 2. The maximum atomic E-state index is 13.9. The molecule has 2 amide bonds. The minimum Gasteiger partial charge on any atom is -0.354 e. The van der Waals surface area contributed by atoms with Gasteiger partial charge in [0.15, 0.2) is 0 Å². The zero-order chi connectivity index (χ0) is 28.6. The zero-order valence-electron chi connectivity index (χ0n) is 22.2. The fourth-order valence-electron chi connectivity index (χ4n) is 4.05. The summed E-state index contributed by atoms with van der Waals surface area (Å²) in [4.78, 5) is 28.3. The van der Waals surface area contributed by atoms with Crippen LogP contribution in [0.15, 0.2) is 77.7 Å². The van der Waals surface area contributed by atoms with Gasteiger partial charge in [0.25, 0.3) is 10.0 Å². The molecule has 0 aromatic heterocycles. The van der Waals surface area contributed by atoms with Gasteiger partial charge in [-0.15, -0.1) is 0 Å². The Balaban J connectivity index is 2.03. The number of amides is 2. The number of benzene rings is 3. The van der Waals surface area contributed by atoms with Crippen LogP contribution in [0.1, 0.15) is 37.8 Å². The van der Waals surface area contributed by atoms with E-state index < -0.39 is 34.3 Å². The summed E-state index contributed by atoms with van der Waals surface area (Å²) < 4.78 is 42.2. The number of anilines is 1. The molecule has 0 aliphatic rings. The van der Waals surface area contributed by atoms with Crippen LogP contribution in [-0.2, 0) is 26.2 Å². The van der Waals surface area contributed by atoms with Crippen molar-refractivity contribution in [2.75, 3.05) is 17.4 Å². The molecule has 0 aliphatic heterocycles. The van der Waals surface area contributed by atoms with Crippen LogP contribution in [0.5, 0.6) is 0 Å². The fourth-order valence-corrected chi connectivity index (χ4v) is 5.59. The number of halogens is 2. The number of nitrogens with zero attached hydrogens (tertiary/aromatic N) is 2. The SMILES string of the molecule is CCCNC(=O)C(CC)N(Cc1ccc(F)cc1)C(=O)CN(c1ccc(C)cc1)S(=O)(=O)c1ccc(Cl)cc1. The Morgan fingerprint density at radius 3 is 2.13 bits per heavy atom. The molecule has 3 rings (SSSR count). The van der Waals surface area contributed by atoms with Gasteiger partial charge in [0.05, 0.1) is 10.6 Å². The topological polar surface area (TPSA) is 86.8 Å². The first-order chi connectivity index (χ1) is 18.6. The summed E-state index contributed by atoms with van der Waals surface area (Å²) in [6.45, 7) is 5.46. The van der Waals surface area contributed by atoms with Crippen molar-refractivity contribution in [2.24, 2.45) is 0 Å². The van der Waals surface area contributed by atoms with Crippen molar-refractivity contribution in [1.82, 2.24) is 10.2 Å². The van der Waals surface area contributed by atoms with Gasteiger partial charge in [-0.3, -0.25) is 13.9 Å². The number of nitrogens with one attached hydrogen (secondary N) is 1. The highest BCUT2D eigenvalue weighted by Crippen LogP contribution is 2.26. The lowest BCUT2D eigenvalue weighted by Gasteiger charge is -2.33. The molecule has 3 aromatic rings. The monoisotopic (exact) mass is 573 g/mol. The molecule has 0 spiro atoms. The van der Waals surface area contributed by atoms with Crippen molar-refractivity contribution >= 4 is 39.1 Å². The first-order valence-corrected chi connectivity index (χ1v) is 14.5. The van der Waals surface area contributed by atoms with Gasteiger partial charge in [-0.2, -0.15) is 0 Å². The number of hydrogen-bond acceptors (Lipinski definition) is 4. The average molecular weight is 574 g/mol. The second-order valence-electron chi connectivity index (χ2n) is 9.16. The van der Waals surface area contributed by atoms with Crippen molar-refractivity contribution in [2.45, 2.75) is 51.1 Å². The molecule has 0 radical (unpaired) electrons. The number of sulfonamides is 1. The van der Waals surface area contributed by atoms with Crippen LogP contribution in [0.3, 0.4) is 0 Å². The summed E-state index contributed by atoms with van der Waals surface area (Å²) >= 11 is 5.97. The summed E-state index contributed by atoms with van der Waals surface area (Å²) in [5.74, 6) is -1.34. The molecule has 0 saturated carbocycles. The third-order valence-electron chi connectivity index (χ3n) is 6.20. The minimum absolute atomic E-state index is 0.000104. The standard InChI is InChI=1S/C29H33ClFN3O4S/c1-4-18-32-29(36)27(5-2)33(19-22-8-12-24(31)13-9-22)28(35)20-34(25-14-6-21(3)7-15-25)39(37,38)26-16-10-23(30)11-17-26/h6-17,27H,4-5,18-20H2,1-3H3,(H,32,36). The lowest BCUT2D eigenvalue weighted by Crippen LogP contribution is -2.52. The van der Waals surface area contributed by atoms with E-state index in [1.807, 2.05) is 13.8 Å². The van der Waals surface area contributed by atoms with Gasteiger partial charge in [-0.05, 0) is 73.9 Å². The summed E-state index contributed by atoms with van der Waals surface area (Å²) in [7, 11) is -4.18. The van der Waals surface area contributed by atoms with Crippen LogP contribution in [0, 0.1) is 12.7 Å². The fraction of sp³-hybridized carbons (Fsp3) is 0.310. The van der Waals surface area contributed by atoms with Crippen LogP contribution >= 0.6 is 11.6 Å². The molecule has 1 atom stereocenters. The smallest absolute Gasteiger partial charge is 0.264 e. The third-order valence-corrected chi connectivity index (χ3v) is 8.24. The third kappa shape index (κ3) is 7.80. The second-order valence-corrected chi connectivity index (χ2v) is 11.5. The summed E-state index contributed by atoms with van der Waals surface area (Å²) in [5.41, 5.74) is 1.83. The first kappa shape index (κ1) is 30.1. The highest BCUT2D eigenvalue weighted by molar-refractivity contribution is 7.92. The van der Waals surface area contributed by atoms with Gasteiger partial charge in [-0.25, -0.2) is 12.8 Å². The largest absolute Gasteiger partial charge is 0.354 e. The van der Waals surface area contributed by atoms with Crippen molar-refractivity contribution < 1.29 is 22.4 Å². The van der Waals surface area contributed by atoms with E-state index in [2.05, 4.69) is 5.32 Å². The first-order valence-electron chi connectivity index (χ1n) is 12.7. The van der Waals surface area contributed by atoms with Gasteiger partial charge >= 0.3 is 0 Å². The molecular formula is C29H33ClFN3O4S. The Hall–Kier alpha value is -3.43. The van der Waals surface area contributed by atoms with Crippen molar-refractivity contribution in [3.63, 3.8) is 0 Å². The number of carbonyl (C=O) groups is 2. The van der Waals surface area contributed by atoms with Crippen LogP contribution in [-0.4, -0.2) is 44.3 Å². The van der Waals surface area contributed by atoms with E-state index in [-0.39, 0.29) is 17.3 Å². The highest BCUT2D eigenvalue weighted by Gasteiger charge is 2.33. The molecule has 0 aliphatic carbocycles. The van der Waals surface area contributed by atoms with E-state index in [1.165, 1.54) is 53.4 Å². The molecule has 0 fully saturated rings. The minimum atomic E-state index is -4.18. The predicted octanol–water partition coefficient (Wildman–Crippen LogP) is 5.32. The van der Waals surface area contributed by atoms with Crippen LogP contribution in [0.2, 0.25) is 5.02 Å². The van der Waals surface area contributed by atoms with Gasteiger partial charge in [0.1, 0.15) is 18.4 Å². The van der Waals surface area contributed by atoms with Gasteiger partial charge < -0.3 is 10.2 Å². The molecule has 0 saturated heterocycles. The molecule has 10 heteroatoms. The normalized spacial score (nSPS) is 12.0. The maximum absolute atomic E-state index is 13.9. The Morgan fingerprint density at radius 2 is 1.56 bits per heavy atom. The Labute approximate surface area is 234 Å². The van der Waals surface area contributed by atoms with E-state index in [1.54, 1.807) is 31.2 Å². The summed E-state index contributed by atoms with van der Waals surface area (Å²) in [6, 6.07) is 17.2. The maximum Gasteiger partial charge on any atom is 0.264 e. The highest BCUT2D eigenvalue weighted by atomic mass is 35.5. The number of aryl methyl sites for hydroxylation is 1. The lowest BCUT2D eigenvalue weighted by atomic mass is 10.1.